The fourth-order valence-electron chi connectivity index (χ4n) is 1.80. The monoisotopic (exact) mass is 306 g/mol. The lowest BCUT2D eigenvalue weighted by atomic mass is 10.1. The third kappa shape index (κ3) is 2.99. The predicted octanol–water partition coefficient (Wildman–Crippen LogP) is 3.57. The van der Waals surface area contributed by atoms with Crippen molar-refractivity contribution in [3.8, 4) is 0 Å². The van der Waals surface area contributed by atoms with Crippen molar-refractivity contribution in [2.75, 3.05) is 0 Å². The Morgan fingerprint density at radius 1 is 1.35 bits per heavy atom. The SMILES string of the molecule is CC(C)Cc1noc(CSc2ncnc3ccsc23)n1. The molecule has 0 N–H and O–H groups in total. The lowest BCUT2D eigenvalue weighted by Gasteiger charge is -1.98. The van der Waals surface area contributed by atoms with Gasteiger partial charge in [0, 0.05) is 6.42 Å². The summed E-state index contributed by atoms with van der Waals surface area (Å²) < 4.78 is 6.37. The maximum atomic E-state index is 5.26. The van der Waals surface area contributed by atoms with Crippen LogP contribution in [0.2, 0.25) is 0 Å². The molecule has 0 amide bonds. The van der Waals surface area contributed by atoms with Gasteiger partial charge >= 0.3 is 0 Å². The van der Waals surface area contributed by atoms with Crippen molar-refractivity contribution >= 4 is 33.3 Å². The molecule has 7 heteroatoms. The summed E-state index contributed by atoms with van der Waals surface area (Å²) in [7, 11) is 0. The number of thioether (sulfide) groups is 1. The molecule has 0 aromatic carbocycles. The molecule has 3 heterocycles. The molecule has 0 saturated heterocycles. The van der Waals surface area contributed by atoms with Crippen LogP contribution in [0.5, 0.6) is 0 Å². The Morgan fingerprint density at radius 2 is 2.25 bits per heavy atom. The van der Waals surface area contributed by atoms with E-state index in [1.54, 1.807) is 29.4 Å². The number of thiophene rings is 1. The Hall–Kier alpha value is -1.47. The van der Waals surface area contributed by atoms with E-state index in [1.807, 2.05) is 11.4 Å². The molecular weight excluding hydrogens is 292 g/mol. The first-order chi connectivity index (χ1) is 9.72. The minimum Gasteiger partial charge on any atom is -0.338 e. The van der Waals surface area contributed by atoms with Crippen molar-refractivity contribution in [1.82, 2.24) is 20.1 Å². The number of rotatable bonds is 5. The normalized spacial score (nSPS) is 11.6. The van der Waals surface area contributed by atoms with Crippen LogP contribution in [0.15, 0.2) is 27.3 Å². The first kappa shape index (κ1) is 13.5. The Morgan fingerprint density at radius 3 is 3.10 bits per heavy atom. The summed E-state index contributed by atoms with van der Waals surface area (Å²) in [6.45, 7) is 4.28. The van der Waals surface area contributed by atoms with Gasteiger partial charge in [-0.05, 0) is 17.4 Å². The Bertz CT molecular complexity index is 707. The Balaban J connectivity index is 1.70. The molecule has 0 aliphatic heterocycles. The summed E-state index contributed by atoms with van der Waals surface area (Å²) in [4.78, 5) is 12.9. The highest BCUT2D eigenvalue weighted by molar-refractivity contribution is 7.98. The largest absolute Gasteiger partial charge is 0.338 e. The molecule has 0 unspecified atom stereocenters. The van der Waals surface area contributed by atoms with Crippen molar-refractivity contribution in [1.29, 1.82) is 0 Å². The average Bonchev–Trinajstić information content (AvgIpc) is 3.04. The molecule has 104 valence electrons. The highest BCUT2D eigenvalue weighted by Crippen LogP contribution is 2.30. The van der Waals surface area contributed by atoms with E-state index < -0.39 is 0 Å². The summed E-state index contributed by atoms with van der Waals surface area (Å²) in [5.74, 6) is 2.59. The van der Waals surface area contributed by atoms with Gasteiger partial charge in [-0.3, -0.25) is 0 Å². The Kier molecular flexibility index (Phi) is 3.98. The van der Waals surface area contributed by atoms with E-state index in [1.165, 1.54) is 0 Å². The maximum absolute atomic E-state index is 5.26. The fourth-order valence-corrected chi connectivity index (χ4v) is 3.58. The topological polar surface area (TPSA) is 64.7 Å². The molecule has 0 fully saturated rings. The molecule has 0 saturated carbocycles. The summed E-state index contributed by atoms with van der Waals surface area (Å²) >= 11 is 3.25. The molecule has 3 aromatic heterocycles. The van der Waals surface area contributed by atoms with E-state index in [0.717, 1.165) is 27.5 Å². The van der Waals surface area contributed by atoms with Crippen LogP contribution in [0.25, 0.3) is 10.2 Å². The highest BCUT2D eigenvalue weighted by atomic mass is 32.2. The van der Waals surface area contributed by atoms with Crippen LogP contribution in [0, 0.1) is 5.92 Å². The standard InChI is InChI=1S/C13H14N4OS2/c1-8(2)5-10-16-11(18-17-10)6-20-13-12-9(3-4-19-12)14-7-15-13/h3-4,7-8H,5-6H2,1-2H3. The zero-order valence-corrected chi connectivity index (χ0v) is 12.9. The third-order valence-corrected chi connectivity index (χ3v) is 4.66. The average molecular weight is 306 g/mol. The van der Waals surface area contributed by atoms with Gasteiger partial charge in [-0.15, -0.1) is 11.3 Å². The number of aromatic nitrogens is 4. The first-order valence-electron chi connectivity index (χ1n) is 6.35. The molecule has 0 aliphatic rings. The lowest BCUT2D eigenvalue weighted by Crippen LogP contribution is -1.96. The van der Waals surface area contributed by atoms with Crippen LogP contribution in [0.1, 0.15) is 25.6 Å². The highest BCUT2D eigenvalue weighted by Gasteiger charge is 2.11. The van der Waals surface area contributed by atoms with Gasteiger partial charge in [-0.25, -0.2) is 9.97 Å². The number of fused-ring (bicyclic) bond motifs is 1. The smallest absolute Gasteiger partial charge is 0.237 e. The summed E-state index contributed by atoms with van der Waals surface area (Å²) in [6, 6.07) is 2.00. The van der Waals surface area contributed by atoms with E-state index in [0.29, 0.717) is 17.6 Å². The molecule has 5 nitrogen and oxygen atoms in total. The third-order valence-electron chi connectivity index (χ3n) is 2.64. The van der Waals surface area contributed by atoms with E-state index in [-0.39, 0.29) is 0 Å². The van der Waals surface area contributed by atoms with E-state index in [2.05, 4.69) is 34.0 Å². The zero-order valence-electron chi connectivity index (χ0n) is 11.2. The van der Waals surface area contributed by atoms with Gasteiger partial charge in [0.15, 0.2) is 5.82 Å². The van der Waals surface area contributed by atoms with Crippen LogP contribution in [0.3, 0.4) is 0 Å². The zero-order chi connectivity index (χ0) is 13.9. The van der Waals surface area contributed by atoms with Gasteiger partial charge in [-0.2, -0.15) is 4.98 Å². The molecule has 0 aliphatic carbocycles. The molecule has 0 bridgehead atoms. The van der Waals surface area contributed by atoms with Gasteiger partial charge in [0.25, 0.3) is 0 Å². The summed E-state index contributed by atoms with van der Waals surface area (Å²) in [5.41, 5.74) is 0.985. The molecule has 0 spiro atoms. The molecule has 0 atom stereocenters. The second-order valence-electron chi connectivity index (χ2n) is 4.80. The molecule has 3 rings (SSSR count). The first-order valence-corrected chi connectivity index (χ1v) is 8.21. The number of nitrogens with zero attached hydrogens (tertiary/aromatic N) is 4. The molecular formula is C13H14N4OS2. The van der Waals surface area contributed by atoms with Gasteiger partial charge in [0.1, 0.15) is 11.4 Å². The minimum atomic E-state index is 0.528. The van der Waals surface area contributed by atoms with Crippen molar-refractivity contribution in [2.24, 2.45) is 5.92 Å². The lowest BCUT2D eigenvalue weighted by molar-refractivity contribution is 0.382. The van der Waals surface area contributed by atoms with E-state index in [4.69, 9.17) is 4.52 Å². The van der Waals surface area contributed by atoms with Gasteiger partial charge in [0.2, 0.25) is 5.89 Å². The maximum Gasteiger partial charge on any atom is 0.237 e. The Labute approximate surface area is 124 Å². The van der Waals surface area contributed by atoms with Crippen molar-refractivity contribution in [2.45, 2.75) is 31.0 Å². The van der Waals surface area contributed by atoms with Gasteiger partial charge < -0.3 is 4.52 Å². The second kappa shape index (κ2) is 5.88. The van der Waals surface area contributed by atoms with Crippen molar-refractivity contribution in [3.63, 3.8) is 0 Å². The van der Waals surface area contributed by atoms with E-state index >= 15 is 0 Å². The summed E-state index contributed by atoms with van der Waals surface area (Å²) in [5, 5.41) is 6.98. The fraction of sp³-hybridized carbons (Fsp3) is 0.385. The van der Waals surface area contributed by atoms with Crippen LogP contribution < -0.4 is 0 Å². The van der Waals surface area contributed by atoms with Crippen LogP contribution in [-0.4, -0.2) is 20.1 Å². The second-order valence-corrected chi connectivity index (χ2v) is 6.68. The quantitative estimate of drug-likeness (QED) is 0.530. The predicted molar refractivity (Wildman–Crippen MR) is 79.8 cm³/mol. The summed E-state index contributed by atoms with van der Waals surface area (Å²) in [6.07, 6.45) is 2.44. The number of hydrogen-bond acceptors (Lipinski definition) is 7. The minimum absolute atomic E-state index is 0.528. The van der Waals surface area contributed by atoms with Crippen molar-refractivity contribution in [3.05, 3.63) is 29.5 Å². The molecule has 20 heavy (non-hydrogen) atoms. The number of hydrogen-bond donors (Lipinski definition) is 0. The molecule has 3 aromatic rings. The molecule has 0 radical (unpaired) electrons. The van der Waals surface area contributed by atoms with Crippen molar-refractivity contribution < 1.29 is 4.52 Å². The van der Waals surface area contributed by atoms with Gasteiger partial charge in [-0.1, -0.05) is 30.8 Å². The van der Waals surface area contributed by atoms with Crippen LogP contribution >= 0.6 is 23.1 Å². The van der Waals surface area contributed by atoms with E-state index in [9.17, 15) is 0 Å². The van der Waals surface area contributed by atoms with Crippen LogP contribution in [0.4, 0.5) is 0 Å². The van der Waals surface area contributed by atoms with Gasteiger partial charge in [0.05, 0.1) is 16.0 Å². The van der Waals surface area contributed by atoms with Crippen LogP contribution in [-0.2, 0) is 12.2 Å².